The van der Waals surface area contributed by atoms with E-state index in [2.05, 4.69) is 23.9 Å². The van der Waals surface area contributed by atoms with Gasteiger partial charge in [0.1, 0.15) is 0 Å². The molecule has 0 saturated heterocycles. The molecule has 0 amide bonds. The minimum atomic E-state index is 0.361. The lowest BCUT2D eigenvalue weighted by Gasteiger charge is -2.28. The van der Waals surface area contributed by atoms with Gasteiger partial charge in [0, 0.05) is 60.2 Å². The van der Waals surface area contributed by atoms with Crippen LogP contribution in [-0.4, -0.2) is 84.1 Å². The summed E-state index contributed by atoms with van der Waals surface area (Å²) >= 11 is 25.4. The number of nitrogens with zero attached hydrogens (tertiary/aromatic N) is 2. The van der Waals surface area contributed by atoms with Crippen molar-refractivity contribution in [1.82, 2.24) is 9.80 Å². The van der Waals surface area contributed by atoms with Crippen molar-refractivity contribution in [1.29, 1.82) is 0 Å². The maximum atomic E-state index is 6.01. The van der Waals surface area contributed by atoms with E-state index in [1.807, 2.05) is 11.8 Å². The Hall–Kier alpha value is 1.43. The van der Waals surface area contributed by atoms with Crippen LogP contribution in [0.4, 0.5) is 0 Å². The Morgan fingerprint density at radius 2 is 1.16 bits per heavy atom. The maximum Gasteiger partial charge on any atom is 0.0387 e. The average Bonchev–Trinajstić information content (AvgIpc) is 2.39. The van der Waals surface area contributed by atoms with Gasteiger partial charge < -0.3 is 9.80 Å². The van der Waals surface area contributed by atoms with Crippen LogP contribution in [0, 0.1) is 0 Å². The summed E-state index contributed by atoms with van der Waals surface area (Å²) in [6, 6.07) is 0.722. The van der Waals surface area contributed by atoms with Gasteiger partial charge in [-0.3, -0.25) is 0 Å². The third-order valence-corrected chi connectivity index (χ3v) is 5.39. The Balaban J connectivity index is 4.02. The molecule has 0 bridgehead atoms. The third kappa shape index (κ3) is 9.13. The molecule has 0 fully saturated rings. The van der Waals surface area contributed by atoms with Crippen molar-refractivity contribution >= 4 is 58.2 Å². The molecule has 116 valence electrons. The molecule has 0 spiro atoms. The van der Waals surface area contributed by atoms with E-state index in [9.17, 15) is 0 Å². The van der Waals surface area contributed by atoms with E-state index in [0.717, 1.165) is 24.6 Å². The van der Waals surface area contributed by atoms with Gasteiger partial charge in [0.05, 0.1) is 0 Å². The van der Waals surface area contributed by atoms with Crippen molar-refractivity contribution in [2.24, 2.45) is 0 Å². The first-order valence-electron chi connectivity index (χ1n) is 6.32. The quantitative estimate of drug-likeness (QED) is 0.487. The van der Waals surface area contributed by atoms with E-state index >= 15 is 0 Å². The molecule has 0 aliphatic carbocycles. The van der Waals surface area contributed by atoms with Crippen LogP contribution in [0.2, 0.25) is 0 Å². The fraction of sp³-hybridized carbons (Fsp3) is 1.00. The zero-order chi connectivity index (χ0) is 14.7. The first-order valence-corrected chi connectivity index (χ1v) is 9.62. The maximum absolute atomic E-state index is 6.01. The smallest absolute Gasteiger partial charge is 0.0387 e. The van der Waals surface area contributed by atoms with E-state index in [1.165, 1.54) is 0 Å². The Morgan fingerprint density at radius 3 is 1.42 bits per heavy atom. The van der Waals surface area contributed by atoms with Gasteiger partial charge in [0.25, 0.3) is 0 Å². The van der Waals surface area contributed by atoms with Crippen LogP contribution < -0.4 is 0 Å². The second-order valence-electron chi connectivity index (χ2n) is 4.49. The van der Waals surface area contributed by atoms with Gasteiger partial charge in [-0.25, -0.2) is 0 Å². The Kier molecular flexibility index (Phi) is 14.1. The summed E-state index contributed by atoms with van der Waals surface area (Å²) in [4.78, 5) is 4.43. The van der Waals surface area contributed by atoms with E-state index in [-0.39, 0.29) is 0 Å². The number of halogens is 4. The lowest BCUT2D eigenvalue weighted by molar-refractivity contribution is 0.292. The molecule has 2 unspecified atom stereocenters. The molecule has 7 heteroatoms. The fourth-order valence-electron chi connectivity index (χ4n) is 1.55. The molecule has 0 aliphatic rings. The van der Waals surface area contributed by atoms with Gasteiger partial charge >= 0.3 is 0 Å². The van der Waals surface area contributed by atoms with Crippen molar-refractivity contribution in [2.75, 3.05) is 62.2 Å². The second kappa shape index (κ2) is 13.1. The van der Waals surface area contributed by atoms with Crippen molar-refractivity contribution in [3.05, 3.63) is 0 Å². The van der Waals surface area contributed by atoms with Gasteiger partial charge in [-0.05, 0) is 14.1 Å². The Labute approximate surface area is 142 Å². The van der Waals surface area contributed by atoms with Crippen molar-refractivity contribution in [3.63, 3.8) is 0 Å². The first kappa shape index (κ1) is 20.4. The predicted octanol–water partition coefficient (Wildman–Crippen LogP) is 3.28. The van der Waals surface area contributed by atoms with Crippen molar-refractivity contribution in [2.45, 2.75) is 12.1 Å². The average molecular weight is 370 g/mol. The number of alkyl halides is 4. The molecular weight excluding hydrogens is 346 g/mol. The summed E-state index contributed by atoms with van der Waals surface area (Å²) in [5.41, 5.74) is 0. The fourth-order valence-corrected chi connectivity index (χ4v) is 4.46. The zero-order valence-electron chi connectivity index (χ0n) is 11.6. The highest BCUT2D eigenvalue weighted by Crippen LogP contribution is 2.14. The molecule has 0 N–H and O–H groups in total. The molecule has 19 heavy (non-hydrogen) atoms. The Morgan fingerprint density at radius 1 is 0.789 bits per heavy atom. The van der Waals surface area contributed by atoms with Crippen LogP contribution in [0.5, 0.6) is 0 Å². The molecular formula is C12H24Cl4N2S. The minimum absolute atomic E-state index is 0.361. The largest absolute Gasteiger partial charge is 0.300 e. The summed E-state index contributed by atoms with van der Waals surface area (Å²) in [5, 5.41) is 0. The third-order valence-electron chi connectivity index (χ3n) is 3.10. The minimum Gasteiger partial charge on any atom is -0.300 e. The number of hydrogen-bond acceptors (Lipinski definition) is 3. The first-order chi connectivity index (χ1) is 9.10. The summed E-state index contributed by atoms with van der Waals surface area (Å²) in [6.07, 6.45) is 0. The van der Waals surface area contributed by atoms with Crippen LogP contribution >= 0.6 is 58.2 Å². The summed E-state index contributed by atoms with van der Waals surface area (Å²) in [7, 11) is 4.13. The monoisotopic (exact) mass is 368 g/mol. The molecule has 0 aromatic carbocycles. The van der Waals surface area contributed by atoms with Crippen LogP contribution in [-0.2, 0) is 0 Å². The van der Waals surface area contributed by atoms with Crippen LogP contribution in [0.3, 0.4) is 0 Å². The molecule has 0 heterocycles. The predicted molar refractivity (Wildman–Crippen MR) is 93.0 cm³/mol. The molecule has 2 atom stereocenters. The van der Waals surface area contributed by atoms with Gasteiger partial charge in [-0.2, -0.15) is 11.8 Å². The van der Waals surface area contributed by atoms with Crippen LogP contribution in [0.1, 0.15) is 0 Å². The van der Waals surface area contributed by atoms with Crippen molar-refractivity contribution < 1.29 is 0 Å². The van der Waals surface area contributed by atoms with Crippen LogP contribution in [0.25, 0.3) is 0 Å². The molecule has 0 aromatic heterocycles. The molecule has 0 radical (unpaired) electrons. The van der Waals surface area contributed by atoms with Crippen molar-refractivity contribution in [3.8, 4) is 0 Å². The highest BCUT2D eigenvalue weighted by Gasteiger charge is 2.17. The number of rotatable bonds is 12. The Bertz CT molecular complexity index is 192. The lowest BCUT2D eigenvalue weighted by atomic mass is 10.3. The lowest BCUT2D eigenvalue weighted by Crippen LogP contribution is -2.39. The molecule has 2 nitrogen and oxygen atoms in total. The van der Waals surface area contributed by atoms with Gasteiger partial charge in [-0.1, -0.05) is 0 Å². The summed E-state index contributed by atoms with van der Waals surface area (Å²) in [6.45, 7) is 1.73. The highest BCUT2D eigenvalue weighted by atomic mass is 35.5. The summed E-state index contributed by atoms with van der Waals surface area (Å²) < 4.78 is 0. The highest BCUT2D eigenvalue weighted by molar-refractivity contribution is 7.99. The van der Waals surface area contributed by atoms with Gasteiger partial charge in [-0.15, -0.1) is 46.4 Å². The molecule has 0 aromatic rings. The van der Waals surface area contributed by atoms with E-state index in [0.29, 0.717) is 35.6 Å². The molecule has 0 rings (SSSR count). The SMILES string of the molecule is CN(CCCl)C(CCl)CSCC(CCl)N(C)CCCl. The second-order valence-corrected chi connectivity index (χ2v) is 6.94. The standard InChI is InChI=1S/C12H24Cl4N2S/c1-17(5-3-13)11(7-15)9-19-10-12(8-16)18(2)6-4-14/h11-12H,3-10H2,1-2H3. The van der Waals surface area contributed by atoms with Crippen LogP contribution in [0.15, 0.2) is 0 Å². The summed E-state index contributed by atoms with van der Waals surface area (Å²) in [5.74, 6) is 4.53. The van der Waals surface area contributed by atoms with E-state index < -0.39 is 0 Å². The normalized spacial score (nSPS) is 15.2. The number of hydrogen-bond donors (Lipinski definition) is 0. The van der Waals surface area contributed by atoms with E-state index in [4.69, 9.17) is 46.4 Å². The van der Waals surface area contributed by atoms with E-state index in [1.54, 1.807) is 0 Å². The molecule has 0 saturated carbocycles. The topological polar surface area (TPSA) is 6.48 Å². The molecule has 0 aliphatic heterocycles. The number of thioether (sulfide) groups is 1. The van der Waals surface area contributed by atoms with Gasteiger partial charge in [0.15, 0.2) is 0 Å². The zero-order valence-corrected chi connectivity index (χ0v) is 15.5. The van der Waals surface area contributed by atoms with Gasteiger partial charge in [0.2, 0.25) is 0 Å².